The van der Waals surface area contributed by atoms with E-state index in [1.54, 1.807) is 0 Å². The molecule has 2 fully saturated rings. The van der Waals surface area contributed by atoms with Crippen LogP contribution < -0.4 is 16.4 Å². The van der Waals surface area contributed by atoms with E-state index in [2.05, 4.69) is 20.6 Å². The zero-order chi connectivity index (χ0) is 22.5. The van der Waals surface area contributed by atoms with Crippen molar-refractivity contribution in [3.8, 4) is 0 Å². The first kappa shape index (κ1) is 22.2. The van der Waals surface area contributed by atoms with Gasteiger partial charge in [0.1, 0.15) is 18.1 Å². The van der Waals surface area contributed by atoms with Gasteiger partial charge in [0, 0.05) is 31.4 Å². The predicted molar refractivity (Wildman–Crippen MR) is 107 cm³/mol. The molecule has 3 heterocycles. The molecule has 0 aromatic carbocycles. The third-order valence-corrected chi connectivity index (χ3v) is 5.44. The van der Waals surface area contributed by atoms with Crippen molar-refractivity contribution in [3.63, 3.8) is 0 Å². The average Bonchev–Trinajstić information content (AvgIpc) is 3.41. The lowest BCUT2D eigenvalue weighted by Crippen LogP contribution is -2.62. The van der Waals surface area contributed by atoms with Crippen molar-refractivity contribution in [1.29, 1.82) is 0 Å². The van der Waals surface area contributed by atoms with E-state index < -0.39 is 47.8 Å². The van der Waals surface area contributed by atoms with Crippen LogP contribution in [0, 0.1) is 0 Å². The highest BCUT2D eigenvalue weighted by Crippen LogP contribution is 2.19. The quantitative estimate of drug-likeness (QED) is 0.394. The van der Waals surface area contributed by atoms with E-state index in [1.807, 2.05) is 6.92 Å². The van der Waals surface area contributed by atoms with Gasteiger partial charge in [0.25, 0.3) is 0 Å². The molecule has 0 aliphatic carbocycles. The van der Waals surface area contributed by atoms with Crippen LogP contribution in [0.15, 0.2) is 12.5 Å². The molecule has 12 heteroatoms. The number of urea groups is 1. The van der Waals surface area contributed by atoms with Crippen LogP contribution in [0.3, 0.4) is 0 Å². The molecule has 0 radical (unpaired) electrons. The molecule has 6 amide bonds. The molecule has 3 atom stereocenters. The fraction of sp³-hybridized carbons (Fsp3) is 0.579. The molecule has 1 aromatic heterocycles. The van der Waals surface area contributed by atoms with Gasteiger partial charge >= 0.3 is 6.03 Å². The molecule has 3 rings (SSSR count). The molecule has 2 aliphatic rings. The molecule has 2 aliphatic heterocycles. The summed E-state index contributed by atoms with van der Waals surface area (Å²) in [4.78, 5) is 71.4. The van der Waals surface area contributed by atoms with Gasteiger partial charge in [-0.25, -0.2) is 9.78 Å². The third kappa shape index (κ3) is 5.01. The fourth-order valence-corrected chi connectivity index (χ4v) is 3.90. The van der Waals surface area contributed by atoms with E-state index >= 15 is 0 Å². The summed E-state index contributed by atoms with van der Waals surface area (Å²) in [6.07, 6.45) is 4.57. The molecular weight excluding hydrogens is 406 g/mol. The highest BCUT2D eigenvalue weighted by Gasteiger charge is 2.39. The number of hydrogen-bond acceptors (Lipinski definition) is 6. The lowest BCUT2D eigenvalue weighted by Gasteiger charge is -2.32. The van der Waals surface area contributed by atoms with Crippen molar-refractivity contribution < 1.29 is 24.0 Å². The third-order valence-electron chi connectivity index (χ3n) is 5.44. The van der Waals surface area contributed by atoms with E-state index in [0.717, 1.165) is 4.90 Å². The Balaban J connectivity index is 1.73. The Morgan fingerprint density at radius 3 is 2.74 bits per heavy atom. The number of hydrogen-bond donors (Lipinski definition) is 4. The number of carbonyl (C=O) groups excluding carboxylic acids is 5. The second-order valence-electron chi connectivity index (χ2n) is 7.69. The standard InChI is InChI=1S/C19H27N7O5/c1-2-5-26-15(27)8-12(24-19(26)31)17(29)23-13(7-11-9-21-10-22-11)18(30)25-6-3-4-14(25)16(20)28/h9-10,12-14H,2-8H2,1H3,(H2,20,28)(H,21,22)(H,23,29)(H,24,31)/t12-,13-,14-/m0/s1. The maximum Gasteiger partial charge on any atom is 0.324 e. The zero-order valence-corrected chi connectivity index (χ0v) is 17.3. The Bertz CT molecular complexity index is 838. The molecule has 0 unspecified atom stereocenters. The first-order chi connectivity index (χ1) is 14.8. The maximum absolute atomic E-state index is 13.2. The van der Waals surface area contributed by atoms with Gasteiger partial charge in [-0.1, -0.05) is 6.92 Å². The highest BCUT2D eigenvalue weighted by molar-refractivity contribution is 6.03. The number of aromatic amines is 1. The highest BCUT2D eigenvalue weighted by atomic mass is 16.2. The largest absolute Gasteiger partial charge is 0.368 e. The van der Waals surface area contributed by atoms with Gasteiger partial charge in [0.2, 0.25) is 23.6 Å². The van der Waals surface area contributed by atoms with Gasteiger partial charge < -0.3 is 26.3 Å². The van der Waals surface area contributed by atoms with Crippen LogP contribution in [0.4, 0.5) is 4.79 Å². The molecule has 0 bridgehead atoms. The van der Waals surface area contributed by atoms with Crippen LogP contribution in [0.2, 0.25) is 0 Å². The van der Waals surface area contributed by atoms with E-state index in [-0.39, 0.29) is 19.4 Å². The van der Waals surface area contributed by atoms with Crippen LogP contribution in [0.1, 0.15) is 38.3 Å². The summed E-state index contributed by atoms with van der Waals surface area (Å²) in [6, 6.07) is -3.47. The van der Waals surface area contributed by atoms with Gasteiger partial charge in [-0.05, 0) is 19.3 Å². The summed E-state index contributed by atoms with van der Waals surface area (Å²) in [6.45, 7) is 2.46. The molecule has 2 saturated heterocycles. The number of primary amides is 1. The number of nitrogens with one attached hydrogen (secondary N) is 3. The minimum atomic E-state index is -1.09. The number of imide groups is 1. The van der Waals surface area contributed by atoms with Crippen molar-refractivity contribution in [2.24, 2.45) is 5.73 Å². The monoisotopic (exact) mass is 433 g/mol. The number of imidazole rings is 1. The Morgan fingerprint density at radius 1 is 1.35 bits per heavy atom. The smallest absolute Gasteiger partial charge is 0.324 e. The lowest BCUT2D eigenvalue weighted by molar-refractivity contribution is -0.141. The molecular formula is C19H27N7O5. The molecule has 0 saturated carbocycles. The first-order valence-electron chi connectivity index (χ1n) is 10.3. The SMILES string of the molecule is CCCN1C(=O)C[C@@H](C(=O)N[C@@H](Cc2cnc[nH]2)C(=O)N2CCC[C@H]2C(N)=O)NC1=O. The fourth-order valence-electron chi connectivity index (χ4n) is 3.90. The number of aromatic nitrogens is 2. The minimum Gasteiger partial charge on any atom is -0.368 e. The summed E-state index contributed by atoms with van der Waals surface area (Å²) in [5.41, 5.74) is 6.03. The van der Waals surface area contributed by atoms with Crippen molar-refractivity contribution >= 4 is 29.7 Å². The summed E-state index contributed by atoms with van der Waals surface area (Å²) >= 11 is 0. The molecule has 31 heavy (non-hydrogen) atoms. The van der Waals surface area contributed by atoms with Crippen LogP contribution >= 0.6 is 0 Å². The first-order valence-corrected chi connectivity index (χ1v) is 10.3. The molecule has 1 aromatic rings. The Kier molecular flexibility index (Phi) is 6.88. The second-order valence-corrected chi connectivity index (χ2v) is 7.69. The minimum absolute atomic E-state index is 0.100. The van der Waals surface area contributed by atoms with Gasteiger partial charge in [-0.15, -0.1) is 0 Å². The van der Waals surface area contributed by atoms with Crippen molar-refractivity contribution in [3.05, 3.63) is 18.2 Å². The van der Waals surface area contributed by atoms with Crippen molar-refractivity contribution in [2.75, 3.05) is 13.1 Å². The molecule has 5 N–H and O–H groups in total. The van der Waals surface area contributed by atoms with Crippen LogP contribution in [0.25, 0.3) is 0 Å². The number of likely N-dealkylation sites (tertiary alicyclic amines) is 1. The predicted octanol–water partition coefficient (Wildman–Crippen LogP) is -1.37. The lowest BCUT2D eigenvalue weighted by atomic mass is 10.1. The van der Waals surface area contributed by atoms with E-state index in [9.17, 15) is 24.0 Å². The number of nitrogens with zero attached hydrogens (tertiary/aromatic N) is 3. The number of rotatable bonds is 8. The molecule has 0 spiro atoms. The summed E-state index contributed by atoms with van der Waals surface area (Å²) < 4.78 is 0. The summed E-state index contributed by atoms with van der Waals surface area (Å²) in [5.74, 6) is -2.15. The van der Waals surface area contributed by atoms with E-state index in [0.29, 0.717) is 31.5 Å². The van der Waals surface area contributed by atoms with E-state index in [4.69, 9.17) is 5.73 Å². The van der Waals surface area contributed by atoms with E-state index in [1.165, 1.54) is 17.4 Å². The normalized spacial score (nSPS) is 22.2. The van der Waals surface area contributed by atoms with Gasteiger partial charge in [-0.3, -0.25) is 24.1 Å². The Labute approximate surface area is 178 Å². The number of carbonyl (C=O) groups is 5. The van der Waals surface area contributed by atoms with Crippen LogP contribution in [0.5, 0.6) is 0 Å². The Morgan fingerprint density at radius 2 is 2.13 bits per heavy atom. The zero-order valence-electron chi connectivity index (χ0n) is 17.3. The number of nitrogens with two attached hydrogens (primary N) is 1. The average molecular weight is 433 g/mol. The maximum atomic E-state index is 13.2. The number of H-pyrrole nitrogens is 1. The summed E-state index contributed by atoms with van der Waals surface area (Å²) in [5, 5.41) is 5.15. The van der Waals surface area contributed by atoms with Gasteiger partial charge in [-0.2, -0.15) is 0 Å². The molecule has 168 valence electrons. The molecule has 12 nitrogen and oxygen atoms in total. The van der Waals surface area contributed by atoms with Crippen molar-refractivity contribution in [1.82, 2.24) is 30.4 Å². The van der Waals surface area contributed by atoms with Gasteiger partial charge in [0.05, 0.1) is 12.7 Å². The van der Waals surface area contributed by atoms with Crippen LogP contribution in [-0.2, 0) is 25.6 Å². The summed E-state index contributed by atoms with van der Waals surface area (Å²) in [7, 11) is 0. The Hall–Kier alpha value is -3.44. The number of amides is 6. The van der Waals surface area contributed by atoms with Crippen molar-refractivity contribution in [2.45, 2.75) is 57.2 Å². The van der Waals surface area contributed by atoms with Gasteiger partial charge in [0.15, 0.2) is 0 Å². The second kappa shape index (κ2) is 9.58. The van der Waals surface area contributed by atoms with Crippen LogP contribution in [-0.4, -0.2) is 80.6 Å². The topological polar surface area (TPSA) is 171 Å².